The molecular weight excluding hydrogens is 551 g/mol. The van der Waals surface area contributed by atoms with Crippen LogP contribution in [0.5, 0.6) is 5.88 Å². The molecule has 0 amide bonds. The number of aromatic nitrogens is 2. The fourth-order valence-corrected chi connectivity index (χ4v) is 7.98. The van der Waals surface area contributed by atoms with Gasteiger partial charge in [0.2, 0.25) is 5.88 Å². The number of piperazine rings is 1. The lowest BCUT2D eigenvalue weighted by Crippen LogP contribution is -2.51. The Kier molecular flexibility index (Phi) is 6.28. The highest BCUT2D eigenvalue weighted by atomic mass is 19.1. The molecule has 4 aliphatic heterocycles. The number of nitrogens with one attached hydrogen (secondary N) is 1. The minimum absolute atomic E-state index is 0.0489. The number of pyridine rings is 2. The third-order valence-corrected chi connectivity index (χ3v) is 9.95. The highest BCUT2D eigenvalue weighted by Crippen LogP contribution is 2.42. The van der Waals surface area contributed by atoms with Gasteiger partial charge in [0.25, 0.3) is 0 Å². The molecule has 2 aromatic heterocycles. The van der Waals surface area contributed by atoms with Crippen molar-refractivity contribution in [1.29, 1.82) is 0 Å². The van der Waals surface area contributed by atoms with Gasteiger partial charge in [0.05, 0.1) is 16.8 Å². The second-order valence-electron chi connectivity index (χ2n) is 12.5. The Balaban J connectivity index is 1.26. The molecule has 4 aromatic rings. The number of benzene rings is 2. The molecule has 4 saturated heterocycles. The van der Waals surface area contributed by atoms with Gasteiger partial charge < -0.3 is 15.0 Å². The van der Waals surface area contributed by atoms with E-state index in [-0.39, 0.29) is 22.3 Å². The van der Waals surface area contributed by atoms with Crippen LogP contribution in [-0.2, 0) is 0 Å². The SMILES string of the molecule is C#Cc1c(F)ccc2cccc(-c3ncc4c(N5CC6CCC(C5)N6)cc(OCC56CCCN5C[C@H](F)C6)nc4c3F)c12. The van der Waals surface area contributed by atoms with Gasteiger partial charge in [-0.05, 0) is 43.7 Å². The molecule has 2 aromatic carbocycles. The standard InChI is InChI=1S/C34H32F3N5O/c1-2-24-27(36)10-7-20-5-3-6-25(30(20)24)32-31(37)33-26(15-38-32)28(41-17-22-8-9-23(18-41)39-22)13-29(40-33)43-19-34-11-4-12-42(34)16-21(35)14-34/h1,3,5-7,10,13,15,21-23,39H,4,8-9,11-12,14,16-19H2/t21-,22?,23?,34?/m1/s1. The molecule has 9 heteroatoms. The van der Waals surface area contributed by atoms with Crippen LogP contribution in [0.4, 0.5) is 18.9 Å². The van der Waals surface area contributed by atoms with Crippen LogP contribution in [0.1, 0.15) is 37.7 Å². The Morgan fingerprint density at radius 3 is 2.77 bits per heavy atom. The minimum Gasteiger partial charge on any atom is -0.476 e. The summed E-state index contributed by atoms with van der Waals surface area (Å²) in [4.78, 5) is 13.8. The molecule has 3 unspecified atom stereocenters. The first-order valence-corrected chi connectivity index (χ1v) is 15.1. The average molecular weight is 584 g/mol. The summed E-state index contributed by atoms with van der Waals surface area (Å²) in [6.07, 6.45) is 11.0. The van der Waals surface area contributed by atoms with Crippen LogP contribution >= 0.6 is 0 Å². The van der Waals surface area contributed by atoms with Gasteiger partial charge in [0.15, 0.2) is 5.82 Å². The topological polar surface area (TPSA) is 53.5 Å². The van der Waals surface area contributed by atoms with Crippen molar-refractivity contribution in [1.82, 2.24) is 20.2 Å². The summed E-state index contributed by atoms with van der Waals surface area (Å²) in [6, 6.07) is 10.9. The first-order valence-electron chi connectivity index (χ1n) is 15.1. The van der Waals surface area contributed by atoms with E-state index < -0.39 is 17.8 Å². The highest BCUT2D eigenvalue weighted by Gasteiger charge is 2.49. The highest BCUT2D eigenvalue weighted by molar-refractivity contribution is 6.02. The van der Waals surface area contributed by atoms with E-state index in [1.54, 1.807) is 24.4 Å². The molecule has 6 heterocycles. The molecule has 6 nitrogen and oxygen atoms in total. The van der Waals surface area contributed by atoms with Crippen LogP contribution < -0.4 is 15.0 Å². The lowest BCUT2D eigenvalue weighted by atomic mass is 9.95. The van der Waals surface area contributed by atoms with Gasteiger partial charge in [-0.25, -0.2) is 18.2 Å². The summed E-state index contributed by atoms with van der Waals surface area (Å²) in [6.45, 7) is 3.16. The summed E-state index contributed by atoms with van der Waals surface area (Å²) in [7, 11) is 0. The number of hydrogen-bond donors (Lipinski definition) is 1. The Morgan fingerprint density at radius 1 is 1.12 bits per heavy atom. The Hall–Kier alpha value is -3.87. The Labute approximate surface area is 248 Å². The van der Waals surface area contributed by atoms with Gasteiger partial charge >= 0.3 is 0 Å². The first-order chi connectivity index (χ1) is 20.9. The smallest absolute Gasteiger partial charge is 0.216 e. The second-order valence-corrected chi connectivity index (χ2v) is 12.5. The second kappa shape index (κ2) is 10.1. The molecule has 43 heavy (non-hydrogen) atoms. The van der Waals surface area contributed by atoms with Gasteiger partial charge in [-0.1, -0.05) is 30.2 Å². The zero-order valence-corrected chi connectivity index (χ0v) is 23.8. The predicted molar refractivity (Wildman–Crippen MR) is 161 cm³/mol. The molecule has 2 bridgehead atoms. The van der Waals surface area contributed by atoms with E-state index >= 15 is 4.39 Å². The van der Waals surface area contributed by atoms with Crippen molar-refractivity contribution in [3.63, 3.8) is 0 Å². The molecule has 0 radical (unpaired) electrons. The van der Waals surface area contributed by atoms with E-state index in [9.17, 15) is 8.78 Å². The minimum atomic E-state index is -0.871. The first kappa shape index (κ1) is 26.7. The molecule has 0 aliphatic carbocycles. The number of fused-ring (bicyclic) bond motifs is 5. The van der Waals surface area contributed by atoms with E-state index in [4.69, 9.17) is 16.1 Å². The number of ether oxygens (including phenoxy) is 1. The number of anilines is 1. The lowest BCUT2D eigenvalue weighted by Gasteiger charge is -2.35. The number of hydrogen-bond acceptors (Lipinski definition) is 6. The number of alkyl halides is 1. The van der Waals surface area contributed by atoms with Crippen LogP contribution in [0.15, 0.2) is 42.6 Å². The van der Waals surface area contributed by atoms with Crippen molar-refractivity contribution in [2.45, 2.75) is 55.9 Å². The molecule has 8 rings (SSSR count). The normalized spacial score (nSPS) is 26.7. The maximum Gasteiger partial charge on any atom is 0.216 e. The van der Waals surface area contributed by atoms with Crippen molar-refractivity contribution in [3.8, 4) is 29.5 Å². The summed E-state index contributed by atoms with van der Waals surface area (Å²) in [5.41, 5.74) is 1.12. The van der Waals surface area contributed by atoms with Crippen LogP contribution in [0, 0.1) is 24.0 Å². The van der Waals surface area contributed by atoms with Crippen molar-refractivity contribution in [2.24, 2.45) is 0 Å². The lowest BCUT2D eigenvalue weighted by molar-refractivity contribution is 0.111. The number of nitrogens with zero attached hydrogens (tertiary/aromatic N) is 4. The van der Waals surface area contributed by atoms with Crippen LogP contribution in [-0.4, -0.2) is 71.4 Å². The zero-order valence-electron chi connectivity index (χ0n) is 23.8. The zero-order chi connectivity index (χ0) is 29.3. The molecule has 0 spiro atoms. The molecular formula is C34H32F3N5O. The van der Waals surface area contributed by atoms with Gasteiger partial charge in [-0.3, -0.25) is 9.88 Å². The van der Waals surface area contributed by atoms with Gasteiger partial charge in [-0.15, -0.1) is 6.42 Å². The largest absolute Gasteiger partial charge is 0.476 e. The molecule has 4 atom stereocenters. The van der Waals surface area contributed by atoms with E-state index in [2.05, 4.69) is 26.0 Å². The fraction of sp³-hybridized carbons (Fsp3) is 0.412. The number of rotatable bonds is 5. The number of terminal acetylenes is 1. The monoisotopic (exact) mass is 583 g/mol. The molecule has 1 N–H and O–H groups in total. The van der Waals surface area contributed by atoms with Crippen LogP contribution in [0.3, 0.4) is 0 Å². The predicted octanol–water partition coefficient (Wildman–Crippen LogP) is 5.61. The fourth-order valence-electron chi connectivity index (χ4n) is 7.98. The average Bonchev–Trinajstić information content (AvgIpc) is 3.66. The van der Waals surface area contributed by atoms with Gasteiger partial charge in [0, 0.05) is 66.7 Å². The third kappa shape index (κ3) is 4.34. The summed E-state index contributed by atoms with van der Waals surface area (Å²) in [5.74, 6) is 1.58. The molecule has 4 fully saturated rings. The van der Waals surface area contributed by atoms with E-state index in [1.165, 1.54) is 6.07 Å². The molecule has 4 aliphatic rings. The summed E-state index contributed by atoms with van der Waals surface area (Å²) in [5, 5.41) is 5.37. The van der Waals surface area contributed by atoms with E-state index in [0.717, 1.165) is 51.0 Å². The maximum absolute atomic E-state index is 16.7. The molecule has 220 valence electrons. The Morgan fingerprint density at radius 2 is 1.95 bits per heavy atom. The third-order valence-electron chi connectivity index (χ3n) is 9.95. The molecule has 0 saturated carbocycles. The number of halogens is 3. The summed E-state index contributed by atoms with van der Waals surface area (Å²) < 4.78 is 52.2. The van der Waals surface area contributed by atoms with Crippen molar-refractivity contribution < 1.29 is 17.9 Å². The van der Waals surface area contributed by atoms with Crippen molar-refractivity contribution in [3.05, 3.63) is 59.8 Å². The Bertz CT molecular complexity index is 1800. The van der Waals surface area contributed by atoms with Gasteiger partial charge in [-0.2, -0.15) is 0 Å². The maximum atomic E-state index is 16.7. The van der Waals surface area contributed by atoms with Crippen LogP contribution in [0.25, 0.3) is 32.9 Å². The summed E-state index contributed by atoms with van der Waals surface area (Å²) >= 11 is 0. The van der Waals surface area contributed by atoms with Gasteiger partial charge in [0.1, 0.15) is 29.8 Å². The quantitative estimate of drug-likeness (QED) is 0.309. The van der Waals surface area contributed by atoms with Crippen molar-refractivity contribution in [2.75, 3.05) is 37.7 Å². The van der Waals surface area contributed by atoms with E-state index in [1.807, 2.05) is 12.1 Å². The van der Waals surface area contributed by atoms with Crippen molar-refractivity contribution >= 4 is 27.4 Å². The van der Waals surface area contributed by atoms with E-state index in [0.29, 0.717) is 59.3 Å². The van der Waals surface area contributed by atoms with Crippen LogP contribution in [0.2, 0.25) is 0 Å².